The first-order valence-electron chi connectivity index (χ1n) is 6.80. The smallest absolute Gasteiger partial charge is 0.347 e. The summed E-state index contributed by atoms with van der Waals surface area (Å²) in [6.45, 7) is 4.80. The highest BCUT2D eigenvalue weighted by molar-refractivity contribution is 5.97. The molecule has 120 valence electrons. The number of ether oxygens (including phenoxy) is 2. The molecular formula is C15H20N2O5. The van der Waals surface area contributed by atoms with Crippen LogP contribution in [0, 0.1) is 6.92 Å². The Balaban J connectivity index is 2.53. The van der Waals surface area contributed by atoms with Gasteiger partial charge < -0.3 is 14.8 Å². The molecule has 2 atom stereocenters. The molecular weight excluding hydrogens is 288 g/mol. The predicted molar refractivity (Wildman–Crippen MR) is 79.4 cm³/mol. The number of hydrogen-bond donors (Lipinski definition) is 2. The molecule has 7 nitrogen and oxygen atoms in total. The number of urea groups is 1. The number of imide groups is 1. The quantitative estimate of drug-likeness (QED) is 0.796. The van der Waals surface area contributed by atoms with Crippen LogP contribution in [-0.4, -0.2) is 37.2 Å². The first kappa shape index (κ1) is 17.5. The Kier molecular flexibility index (Phi) is 6.37. The Morgan fingerprint density at radius 1 is 1.14 bits per heavy atom. The van der Waals surface area contributed by atoms with Crippen LogP contribution in [0.25, 0.3) is 0 Å². The maximum atomic E-state index is 11.9. The lowest BCUT2D eigenvalue weighted by molar-refractivity contribution is -0.160. The number of nitrogens with one attached hydrogen (secondary N) is 2. The molecule has 22 heavy (non-hydrogen) atoms. The first-order chi connectivity index (χ1) is 10.3. The summed E-state index contributed by atoms with van der Waals surface area (Å²) in [6, 6.07) is 6.55. The highest BCUT2D eigenvalue weighted by Crippen LogP contribution is 2.14. The van der Waals surface area contributed by atoms with E-state index >= 15 is 0 Å². The molecule has 0 aliphatic heterocycles. The summed E-state index contributed by atoms with van der Waals surface area (Å²) >= 11 is 0. The summed E-state index contributed by atoms with van der Waals surface area (Å²) in [4.78, 5) is 34.5. The summed E-state index contributed by atoms with van der Waals surface area (Å²) in [5, 5.41) is 4.25. The molecule has 1 aromatic rings. The van der Waals surface area contributed by atoms with E-state index in [-0.39, 0.29) is 0 Å². The van der Waals surface area contributed by atoms with Gasteiger partial charge in [-0.15, -0.1) is 0 Å². The normalized spacial score (nSPS) is 12.7. The van der Waals surface area contributed by atoms with Gasteiger partial charge in [-0.1, -0.05) is 12.1 Å². The van der Waals surface area contributed by atoms with Gasteiger partial charge in [-0.2, -0.15) is 0 Å². The third kappa shape index (κ3) is 5.43. The second-order valence-electron chi connectivity index (χ2n) is 4.72. The van der Waals surface area contributed by atoms with E-state index < -0.39 is 30.1 Å². The fourth-order valence-electron chi connectivity index (χ4n) is 1.54. The van der Waals surface area contributed by atoms with E-state index in [0.717, 1.165) is 5.56 Å². The number of amides is 3. The Morgan fingerprint density at radius 2 is 1.82 bits per heavy atom. The van der Waals surface area contributed by atoms with Crippen LogP contribution in [0.4, 0.5) is 4.79 Å². The van der Waals surface area contributed by atoms with Gasteiger partial charge in [0, 0.05) is 7.05 Å². The van der Waals surface area contributed by atoms with Gasteiger partial charge in [0.15, 0.2) is 12.2 Å². The molecule has 0 bridgehead atoms. The number of aryl methyl sites for hydroxylation is 1. The highest BCUT2D eigenvalue weighted by atomic mass is 16.6. The van der Waals surface area contributed by atoms with Gasteiger partial charge in [-0.25, -0.2) is 9.59 Å². The summed E-state index contributed by atoms with van der Waals surface area (Å²) in [5.74, 6) is -0.872. The van der Waals surface area contributed by atoms with Crippen molar-refractivity contribution in [1.82, 2.24) is 10.6 Å². The van der Waals surface area contributed by atoms with Gasteiger partial charge in [0.1, 0.15) is 5.75 Å². The zero-order valence-corrected chi connectivity index (χ0v) is 13.0. The standard InChI is InChI=1S/C15H20N2O5/c1-9-6-5-7-12(8-9)21-11(3)14(19)22-10(2)13(18)17-15(20)16-4/h5-8,10-11H,1-4H3,(H2,16,17,18,20)/t10-,11-/m0/s1. The van der Waals surface area contributed by atoms with Gasteiger partial charge >= 0.3 is 12.0 Å². The average molecular weight is 308 g/mol. The zero-order valence-electron chi connectivity index (χ0n) is 13.0. The molecule has 0 aliphatic carbocycles. The van der Waals surface area contributed by atoms with Crippen LogP contribution in [0.1, 0.15) is 19.4 Å². The van der Waals surface area contributed by atoms with Crippen molar-refractivity contribution in [3.63, 3.8) is 0 Å². The average Bonchev–Trinajstić information content (AvgIpc) is 2.46. The molecule has 1 rings (SSSR count). The van der Waals surface area contributed by atoms with Crippen molar-refractivity contribution in [3.8, 4) is 5.75 Å². The molecule has 2 N–H and O–H groups in total. The van der Waals surface area contributed by atoms with Gasteiger partial charge in [-0.05, 0) is 38.5 Å². The van der Waals surface area contributed by atoms with Gasteiger partial charge in [0.05, 0.1) is 0 Å². The number of rotatable bonds is 5. The maximum Gasteiger partial charge on any atom is 0.347 e. The van der Waals surface area contributed by atoms with Crippen LogP contribution < -0.4 is 15.4 Å². The number of esters is 1. The van der Waals surface area contributed by atoms with Crippen molar-refractivity contribution in [3.05, 3.63) is 29.8 Å². The molecule has 7 heteroatoms. The summed E-state index contributed by atoms with van der Waals surface area (Å²) in [7, 11) is 1.37. The first-order valence-corrected chi connectivity index (χ1v) is 6.80. The van der Waals surface area contributed by atoms with Gasteiger partial charge in [0.2, 0.25) is 0 Å². The molecule has 0 aromatic heterocycles. The minimum Gasteiger partial charge on any atom is -0.479 e. The summed E-state index contributed by atoms with van der Waals surface area (Å²) < 4.78 is 10.4. The lowest BCUT2D eigenvalue weighted by Crippen LogP contribution is -2.44. The molecule has 3 amide bonds. The Bertz CT molecular complexity index is 559. The van der Waals surface area contributed by atoms with E-state index in [0.29, 0.717) is 5.75 Å². The Labute approximate surface area is 129 Å². The van der Waals surface area contributed by atoms with Gasteiger partial charge in [-0.3, -0.25) is 10.1 Å². The number of hydrogen-bond acceptors (Lipinski definition) is 5. The second-order valence-corrected chi connectivity index (χ2v) is 4.72. The molecule has 0 aliphatic rings. The van der Waals surface area contributed by atoms with E-state index in [2.05, 4.69) is 5.32 Å². The van der Waals surface area contributed by atoms with Crippen LogP contribution in [0.15, 0.2) is 24.3 Å². The summed E-state index contributed by atoms with van der Waals surface area (Å²) in [6.07, 6.45) is -1.98. The molecule has 0 saturated carbocycles. The van der Waals surface area contributed by atoms with E-state index in [1.165, 1.54) is 20.9 Å². The summed E-state index contributed by atoms with van der Waals surface area (Å²) in [5.41, 5.74) is 0.997. The van der Waals surface area contributed by atoms with Crippen LogP contribution >= 0.6 is 0 Å². The third-order valence-corrected chi connectivity index (χ3v) is 2.76. The monoisotopic (exact) mass is 308 g/mol. The van der Waals surface area contributed by atoms with Crippen LogP contribution in [0.3, 0.4) is 0 Å². The molecule has 0 unspecified atom stereocenters. The lowest BCUT2D eigenvalue weighted by Gasteiger charge is -2.17. The van der Waals surface area contributed by atoms with E-state index in [1.54, 1.807) is 12.1 Å². The molecule has 0 heterocycles. The molecule has 1 aromatic carbocycles. The van der Waals surface area contributed by atoms with Crippen LogP contribution in [0.5, 0.6) is 5.75 Å². The zero-order chi connectivity index (χ0) is 16.7. The fourth-order valence-corrected chi connectivity index (χ4v) is 1.54. The van der Waals surface area contributed by atoms with Crippen molar-refractivity contribution >= 4 is 17.9 Å². The Hall–Kier alpha value is -2.57. The van der Waals surface area contributed by atoms with Crippen molar-refractivity contribution in [2.75, 3.05) is 7.05 Å². The van der Waals surface area contributed by atoms with Crippen molar-refractivity contribution in [2.45, 2.75) is 33.0 Å². The number of benzene rings is 1. The lowest BCUT2D eigenvalue weighted by atomic mass is 10.2. The number of carbonyl (C=O) groups is 3. The number of carbonyl (C=O) groups excluding carboxylic acids is 3. The predicted octanol–water partition coefficient (Wildman–Crippen LogP) is 1.15. The van der Waals surface area contributed by atoms with Crippen LogP contribution in [0.2, 0.25) is 0 Å². The van der Waals surface area contributed by atoms with Gasteiger partial charge in [0.25, 0.3) is 5.91 Å². The van der Waals surface area contributed by atoms with Crippen molar-refractivity contribution < 1.29 is 23.9 Å². The van der Waals surface area contributed by atoms with Crippen molar-refractivity contribution in [1.29, 1.82) is 0 Å². The fraction of sp³-hybridized carbons (Fsp3) is 0.400. The molecule has 0 spiro atoms. The minimum atomic E-state index is -1.10. The van der Waals surface area contributed by atoms with E-state index in [4.69, 9.17) is 9.47 Å². The SMILES string of the molecule is CNC(=O)NC(=O)[C@H](C)OC(=O)[C@H](C)Oc1cccc(C)c1. The maximum absolute atomic E-state index is 11.9. The molecule has 0 radical (unpaired) electrons. The molecule has 0 fully saturated rings. The van der Waals surface area contributed by atoms with Crippen molar-refractivity contribution in [2.24, 2.45) is 0 Å². The van der Waals surface area contributed by atoms with E-state index in [1.807, 2.05) is 24.4 Å². The highest BCUT2D eigenvalue weighted by Gasteiger charge is 2.24. The largest absolute Gasteiger partial charge is 0.479 e. The molecule has 0 saturated heterocycles. The minimum absolute atomic E-state index is 0.534. The second kappa shape index (κ2) is 8.02. The van der Waals surface area contributed by atoms with Crippen LogP contribution in [-0.2, 0) is 14.3 Å². The Morgan fingerprint density at radius 3 is 2.41 bits per heavy atom. The topological polar surface area (TPSA) is 93.7 Å². The third-order valence-electron chi connectivity index (χ3n) is 2.76. The van der Waals surface area contributed by atoms with E-state index in [9.17, 15) is 14.4 Å².